The first-order valence-corrected chi connectivity index (χ1v) is 8.39. The molecule has 7 nitrogen and oxygen atoms in total. The molecule has 132 valence electrons. The average molecular weight is 399 g/mol. The van der Waals surface area contributed by atoms with Gasteiger partial charge in [-0.05, 0) is 24.3 Å². The van der Waals surface area contributed by atoms with Crippen molar-refractivity contribution in [2.24, 2.45) is 0 Å². The zero-order valence-corrected chi connectivity index (χ0v) is 14.9. The SMILES string of the molecule is O=C(OC(=O)c1nc2ccccc2nc1Cl)c1nc2ccccc2nc1Cl. The maximum atomic E-state index is 12.3. The lowest BCUT2D eigenvalue weighted by atomic mass is 10.3. The van der Waals surface area contributed by atoms with Crippen LogP contribution in [0.5, 0.6) is 0 Å². The molecule has 0 N–H and O–H groups in total. The lowest BCUT2D eigenvalue weighted by Crippen LogP contribution is -2.17. The van der Waals surface area contributed by atoms with E-state index in [1.54, 1.807) is 48.5 Å². The van der Waals surface area contributed by atoms with Crippen LogP contribution in [0.2, 0.25) is 10.3 Å². The van der Waals surface area contributed by atoms with Gasteiger partial charge in [0.2, 0.25) is 0 Å². The number of para-hydroxylation sites is 4. The van der Waals surface area contributed by atoms with E-state index in [9.17, 15) is 9.59 Å². The molecule has 27 heavy (non-hydrogen) atoms. The normalized spacial score (nSPS) is 10.9. The van der Waals surface area contributed by atoms with Crippen LogP contribution in [0.1, 0.15) is 21.0 Å². The first-order valence-electron chi connectivity index (χ1n) is 7.64. The topological polar surface area (TPSA) is 94.9 Å². The van der Waals surface area contributed by atoms with Crippen LogP contribution in [-0.4, -0.2) is 31.9 Å². The number of rotatable bonds is 2. The summed E-state index contributed by atoms with van der Waals surface area (Å²) in [5, 5.41) is -0.357. The fourth-order valence-corrected chi connectivity index (χ4v) is 2.82. The standard InChI is InChI=1S/C18H8Cl2N4O3/c19-15-13(21-9-5-1-3-7-11(9)23-15)17(25)27-18(26)14-16(20)24-12-8-4-2-6-10(12)22-14/h1-8H. The number of aromatic nitrogens is 4. The molecule has 0 aliphatic rings. The van der Waals surface area contributed by atoms with Crippen LogP contribution in [0, 0.1) is 0 Å². The molecule has 0 saturated carbocycles. The summed E-state index contributed by atoms with van der Waals surface area (Å²) in [6, 6.07) is 13.7. The molecule has 0 amide bonds. The number of nitrogens with zero attached hydrogens (tertiary/aromatic N) is 4. The van der Waals surface area contributed by atoms with Crippen LogP contribution in [0.15, 0.2) is 48.5 Å². The third kappa shape index (κ3) is 3.30. The molecule has 2 heterocycles. The highest BCUT2D eigenvalue weighted by Crippen LogP contribution is 2.20. The molecule has 0 unspecified atom stereocenters. The molecule has 0 bridgehead atoms. The Morgan fingerprint density at radius 3 is 1.33 bits per heavy atom. The van der Waals surface area contributed by atoms with E-state index in [1.807, 2.05) is 0 Å². The number of carbonyl (C=O) groups is 2. The number of hydrogen-bond acceptors (Lipinski definition) is 7. The second-order valence-electron chi connectivity index (χ2n) is 5.38. The van der Waals surface area contributed by atoms with E-state index in [2.05, 4.69) is 19.9 Å². The zero-order valence-electron chi connectivity index (χ0n) is 13.4. The maximum absolute atomic E-state index is 12.3. The molecule has 0 radical (unpaired) electrons. The summed E-state index contributed by atoms with van der Waals surface area (Å²) in [6.45, 7) is 0. The van der Waals surface area contributed by atoms with Crippen molar-refractivity contribution in [3.63, 3.8) is 0 Å². The van der Waals surface area contributed by atoms with E-state index in [0.717, 1.165) is 0 Å². The fourth-order valence-electron chi connectivity index (χ4n) is 2.40. The number of ether oxygens (including phenoxy) is 1. The zero-order chi connectivity index (χ0) is 19.0. The molecule has 0 saturated heterocycles. The molecule has 4 rings (SSSR count). The van der Waals surface area contributed by atoms with E-state index in [4.69, 9.17) is 27.9 Å². The van der Waals surface area contributed by atoms with Crippen LogP contribution in [-0.2, 0) is 4.74 Å². The van der Waals surface area contributed by atoms with Crippen molar-refractivity contribution < 1.29 is 14.3 Å². The number of benzene rings is 2. The van der Waals surface area contributed by atoms with Gasteiger partial charge >= 0.3 is 11.9 Å². The Hall–Kier alpha value is -3.16. The third-order valence-corrected chi connectivity index (χ3v) is 4.16. The number of carbonyl (C=O) groups excluding carboxylic acids is 2. The predicted octanol–water partition coefficient (Wildman–Crippen LogP) is 3.88. The van der Waals surface area contributed by atoms with E-state index in [0.29, 0.717) is 22.1 Å². The van der Waals surface area contributed by atoms with Gasteiger partial charge in [-0.2, -0.15) is 0 Å². The minimum Gasteiger partial charge on any atom is -0.383 e. The van der Waals surface area contributed by atoms with Gasteiger partial charge in [0.15, 0.2) is 21.7 Å². The fraction of sp³-hybridized carbons (Fsp3) is 0. The molecule has 0 spiro atoms. The summed E-state index contributed by atoms with van der Waals surface area (Å²) in [7, 11) is 0. The summed E-state index contributed by atoms with van der Waals surface area (Å²) < 4.78 is 4.83. The lowest BCUT2D eigenvalue weighted by Gasteiger charge is -2.06. The largest absolute Gasteiger partial charge is 0.383 e. The first-order chi connectivity index (χ1) is 13.0. The highest BCUT2D eigenvalue weighted by molar-refractivity contribution is 6.33. The molecule has 9 heteroatoms. The van der Waals surface area contributed by atoms with E-state index in [-0.39, 0.29) is 21.7 Å². The molecular weight excluding hydrogens is 391 g/mol. The summed E-state index contributed by atoms with van der Waals surface area (Å²) in [6.07, 6.45) is 0. The molecule has 0 aliphatic carbocycles. The van der Waals surface area contributed by atoms with Crippen LogP contribution in [0.25, 0.3) is 22.1 Å². The van der Waals surface area contributed by atoms with Crippen LogP contribution >= 0.6 is 23.2 Å². The molecule has 2 aromatic heterocycles. The van der Waals surface area contributed by atoms with Gasteiger partial charge in [0.25, 0.3) is 0 Å². The van der Waals surface area contributed by atoms with Gasteiger partial charge in [-0.1, -0.05) is 47.5 Å². The summed E-state index contributed by atoms with van der Waals surface area (Å²) in [4.78, 5) is 41.0. The second kappa shape index (κ2) is 6.86. The smallest absolute Gasteiger partial charge is 0.368 e. The first kappa shape index (κ1) is 17.3. The Kier molecular flexibility index (Phi) is 4.39. The second-order valence-corrected chi connectivity index (χ2v) is 6.10. The Morgan fingerprint density at radius 1 is 0.630 bits per heavy atom. The highest BCUT2D eigenvalue weighted by Gasteiger charge is 2.24. The van der Waals surface area contributed by atoms with Gasteiger partial charge in [0.1, 0.15) is 0 Å². The Balaban J connectivity index is 1.66. The minimum atomic E-state index is -1.06. The maximum Gasteiger partial charge on any atom is 0.368 e. The molecule has 4 aromatic rings. The van der Waals surface area contributed by atoms with Crippen molar-refractivity contribution in [3.8, 4) is 0 Å². The van der Waals surface area contributed by atoms with E-state index >= 15 is 0 Å². The van der Waals surface area contributed by atoms with Gasteiger partial charge in [-0.15, -0.1) is 0 Å². The van der Waals surface area contributed by atoms with Gasteiger partial charge in [0.05, 0.1) is 22.1 Å². The summed E-state index contributed by atoms with van der Waals surface area (Å²) in [5.41, 5.74) is 1.32. The van der Waals surface area contributed by atoms with Gasteiger partial charge < -0.3 is 4.74 Å². The van der Waals surface area contributed by atoms with Crippen molar-refractivity contribution in [3.05, 3.63) is 70.2 Å². The van der Waals surface area contributed by atoms with Crippen LogP contribution in [0.4, 0.5) is 0 Å². The Morgan fingerprint density at radius 2 is 0.963 bits per heavy atom. The van der Waals surface area contributed by atoms with Gasteiger partial charge in [-0.25, -0.2) is 29.5 Å². The predicted molar refractivity (Wildman–Crippen MR) is 98.8 cm³/mol. The highest BCUT2D eigenvalue weighted by atomic mass is 35.5. The minimum absolute atomic E-state index is 0.179. The quantitative estimate of drug-likeness (QED) is 0.373. The Bertz CT molecular complexity index is 1130. The molecule has 0 atom stereocenters. The van der Waals surface area contributed by atoms with Crippen molar-refractivity contribution >= 4 is 57.2 Å². The molecular formula is C18H8Cl2N4O3. The van der Waals surface area contributed by atoms with Crippen LogP contribution in [0.3, 0.4) is 0 Å². The lowest BCUT2D eigenvalue weighted by molar-refractivity contribution is 0.0389. The number of halogens is 2. The number of hydrogen-bond donors (Lipinski definition) is 0. The number of esters is 2. The van der Waals surface area contributed by atoms with Crippen LogP contribution < -0.4 is 0 Å². The molecule has 0 aliphatic heterocycles. The molecule has 0 fully saturated rings. The summed E-state index contributed by atoms with van der Waals surface area (Å²) >= 11 is 12.0. The van der Waals surface area contributed by atoms with Crippen molar-refractivity contribution in [2.75, 3.05) is 0 Å². The molecule has 2 aromatic carbocycles. The monoisotopic (exact) mass is 398 g/mol. The van der Waals surface area contributed by atoms with Crippen molar-refractivity contribution in [2.45, 2.75) is 0 Å². The van der Waals surface area contributed by atoms with Crippen molar-refractivity contribution in [1.82, 2.24) is 19.9 Å². The van der Waals surface area contributed by atoms with E-state index in [1.165, 1.54) is 0 Å². The average Bonchev–Trinajstić information content (AvgIpc) is 2.66. The summed E-state index contributed by atoms with van der Waals surface area (Å²) in [5.74, 6) is -2.12. The number of fused-ring (bicyclic) bond motifs is 2. The Labute approximate surface area is 162 Å². The van der Waals surface area contributed by atoms with Crippen molar-refractivity contribution in [1.29, 1.82) is 0 Å². The third-order valence-electron chi connectivity index (χ3n) is 3.63. The van der Waals surface area contributed by atoms with E-state index < -0.39 is 11.9 Å². The van der Waals surface area contributed by atoms with Gasteiger partial charge in [-0.3, -0.25) is 0 Å². The van der Waals surface area contributed by atoms with Gasteiger partial charge in [0, 0.05) is 0 Å².